The highest BCUT2D eigenvalue weighted by atomic mass is 14.9. The maximum absolute atomic E-state index is 2.38. The monoisotopic (exact) mass is 182 g/mol. The molecule has 0 saturated heterocycles. The van der Waals surface area contributed by atoms with E-state index in [1.165, 1.54) is 19.3 Å². The summed E-state index contributed by atoms with van der Waals surface area (Å²) >= 11 is 0. The summed E-state index contributed by atoms with van der Waals surface area (Å²) in [5.74, 6) is 1.76. The van der Waals surface area contributed by atoms with Crippen molar-refractivity contribution in [3.05, 3.63) is 0 Å². The molecule has 1 aliphatic carbocycles. The Morgan fingerprint density at radius 1 is 1.15 bits per heavy atom. The van der Waals surface area contributed by atoms with E-state index in [4.69, 9.17) is 0 Å². The highest BCUT2D eigenvalue weighted by Crippen LogP contribution is 2.41. The van der Waals surface area contributed by atoms with Gasteiger partial charge in [0, 0.05) is 5.92 Å². The van der Waals surface area contributed by atoms with Crippen molar-refractivity contribution in [2.45, 2.75) is 40.0 Å². The molecule has 0 bridgehead atoms. The molecule has 0 aromatic rings. The summed E-state index contributed by atoms with van der Waals surface area (Å²) in [5.41, 5.74) is 0.509. The van der Waals surface area contributed by atoms with Crippen LogP contribution in [-0.4, -0.2) is 24.9 Å². The van der Waals surface area contributed by atoms with Crippen LogP contribution in [0.25, 0.3) is 0 Å². The molecule has 1 nitrogen and oxygen atoms in total. The maximum Gasteiger partial charge on any atom is 0.142 e. The van der Waals surface area contributed by atoms with Crippen molar-refractivity contribution in [2.75, 3.05) is 14.1 Å². The second kappa shape index (κ2) is 3.81. The normalized spacial score (nSPS) is 29.0. The third-order valence-electron chi connectivity index (χ3n) is 3.21. The van der Waals surface area contributed by atoms with Gasteiger partial charge >= 0.3 is 0 Å². The molecular formula is C12H24N+. The molecule has 2 unspecified atom stereocenters. The van der Waals surface area contributed by atoms with Crippen molar-refractivity contribution in [2.24, 2.45) is 17.3 Å². The SMILES string of the molecule is C[N+](C)=CC1CCC(C(C)(C)C)C1. The first-order valence-corrected chi connectivity index (χ1v) is 5.41. The molecule has 1 aliphatic rings. The molecule has 0 aliphatic heterocycles. The lowest BCUT2D eigenvalue weighted by Crippen LogP contribution is -2.18. The van der Waals surface area contributed by atoms with Gasteiger partial charge in [-0.25, -0.2) is 4.58 Å². The highest BCUT2D eigenvalue weighted by Gasteiger charge is 2.33. The van der Waals surface area contributed by atoms with E-state index in [0.717, 1.165) is 11.8 Å². The molecule has 1 saturated carbocycles. The minimum Gasteiger partial charge on any atom is -0.245 e. The van der Waals surface area contributed by atoms with Crippen LogP contribution < -0.4 is 0 Å². The highest BCUT2D eigenvalue weighted by molar-refractivity contribution is 5.55. The number of hydrogen-bond acceptors (Lipinski definition) is 0. The predicted octanol–water partition coefficient (Wildman–Crippen LogP) is 2.79. The summed E-state index contributed by atoms with van der Waals surface area (Å²) in [7, 11) is 4.26. The molecule has 0 heterocycles. The van der Waals surface area contributed by atoms with E-state index in [1.807, 2.05) is 0 Å². The lowest BCUT2D eigenvalue weighted by atomic mass is 9.79. The van der Waals surface area contributed by atoms with Gasteiger partial charge in [0.25, 0.3) is 0 Å². The quantitative estimate of drug-likeness (QED) is 0.433. The molecule has 0 spiro atoms. The minimum atomic E-state index is 0.509. The van der Waals surface area contributed by atoms with Gasteiger partial charge in [-0.1, -0.05) is 20.8 Å². The smallest absolute Gasteiger partial charge is 0.142 e. The average molecular weight is 182 g/mol. The summed E-state index contributed by atoms with van der Waals surface area (Å²) in [4.78, 5) is 0. The lowest BCUT2D eigenvalue weighted by molar-refractivity contribution is -0.461. The Kier molecular flexibility index (Phi) is 3.15. The zero-order valence-electron chi connectivity index (χ0n) is 9.80. The Hall–Kier alpha value is -0.330. The summed E-state index contributed by atoms with van der Waals surface area (Å²) < 4.78 is 2.20. The topological polar surface area (TPSA) is 3.01 Å². The number of nitrogens with zero attached hydrogens (tertiary/aromatic N) is 1. The molecule has 76 valence electrons. The molecular weight excluding hydrogens is 158 g/mol. The number of rotatable bonds is 1. The Labute approximate surface area is 82.9 Å². The van der Waals surface area contributed by atoms with Crippen LogP contribution in [0.5, 0.6) is 0 Å². The zero-order chi connectivity index (χ0) is 10.1. The van der Waals surface area contributed by atoms with E-state index in [9.17, 15) is 0 Å². The van der Waals surface area contributed by atoms with Crippen LogP contribution in [0.15, 0.2) is 0 Å². The van der Waals surface area contributed by atoms with Crippen molar-refractivity contribution in [1.82, 2.24) is 0 Å². The van der Waals surface area contributed by atoms with E-state index in [2.05, 4.69) is 45.7 Å². The molecule has 0 N–H and O–H groups in total. The zero-order valence-corrected chi connectivity index (χ0v) is 9.80. The van der Waals surface area contributed by atoms with Crippen LogP contribution in [0.2, 0.25) is 0 Å². The van der Waals surface area contributed by atoms with Gasteiger partial charge in [-0.15, -0.1) is 0 Å². The molecule has 0 radical (unpaired) electrons. The first-order chi connectivity index (χ1) is 5.89. The van der Waals surface area contributed by atoms with Crippen LogP contribution in [-0.2, 0) is 0 Å². The Balaban J connectivity index is 2.50. The lowest BCUT2D eigenvalue weighted by Gasteiger charge is -2.26. The first-order valence-electron chi connectivity index (χ1n) is 5.41. The van der Waals surface area contributed by atoms with Crippen LogP contribution >= 0.6 is 0 Å². The van der Waals surface area contributed by atoms with Gasteiger partial charge in [-0.3, -0.25) is 0 Å². The fraction of sp³-hybridized carbons (Fsp3) is 0.917. The van der Waals surface area contributed by atoms with Crippen molar-refractivity contribution >= 4 is 6.21 Å². The van der Waals surface area contributed by atoms with Gasteiger partial charge in [0.2, 0.25) is 0 Å². The minimum absolute atomic E-state index is 0.509. The van der Waals surface area contributed by atoms with E-state index < -0.39 is 0 Å². The number of hydrogen-bond donors (Lipinski definition) is 0. The van der Waals surface area contributed by atoms with Crippen molar-refractivity contribution in [3.63, 3.8) is 0 Å². The van der Waals surface area contributed by atoms with Crippen molar-refractivity contribution in [1.29, 1.82) is 0 Å². The summed E-state index contributed by atoms with van der Waals surface area (Å²) in [6, 6.07) is 0. The fourth-order valence-corrected chi connectivity index (χ4v) is 2.36. The maximum atomic E-state index is 2.38. The molecule has 0 aromatic carbocycles. The molecule has 0 amide bonds. The van der Waals surface area contributed by atoms with Crippen LogP contribution in [0.3, 0.4) is 0 Å². The standard InChI is InChI=1S/C12H24N/c1-12(2,3)11-7-6-10(8-11)9-13(4)5/h9-11H,6-8H2,1-5H3/q+1. The van der Waals surface area contributed by atoms with Crippen LogP contribution in [0.4, 0.5) is 0 Å². The summed E-state index contributed by atoms with van der Waals surface area (Å²) in [6.07, 6.45) is 6.58. The largest absolute Gasteiger partial charge is 0.245 e. The van der Waals surface area contributed by atoms with Crippen LogP contribution in [0.1, 0.15) is 40.0 Å². The fourth-order valence-electron chi connectivity index (χ4n) is 2.36. The average Bonchev–Trinajstić information content (AvgIpc) is 2.32. The van der Waals surface area contributed by atoms with E-state index in [-0.39, 0.29) is 0 Å². The van der Waals surface area contributed by atoms with E-state index >= 15 is 0 Å². The Bertz CT molecular complexity index is 194. The van der Waals surface area contributed by atoms with Crippen molar-refractivity contribution < 1.29 is 4.58 Å². The molecule has 13 heavy (non-hydrogen) atoms. The van der Waals surface area contributed by atoms with E-state index in [0.29, 0.717) is 5.41 Å². The molecule has 1 heteroatoms. The molecule has 1 fully saturated rings. The Morgan fingerprint density at radius 2 is 1.77 bits per heavy atom. The predicted molar refractivity (Wildman–Crippen MR) is 58.5 cm³/mol. The van der Waals surface area contributed by atoms with Gasteiger partial charge in [-0.2, -0.15) is 0 Å². The second-order valence-corrected chi connectivity index (χ2v) is 5.75. The van der Waals surface area contributed by atoms with Gasteiger partial charge < -0.3 is 0 Å². The third kappa shape index (κ3) is 3.13. The molecule has 2 atom stereocenters. The second-order valence-electron chi connectivity index (χ2n) is 5.75. The molecule has 0 aromatic heterocycles. The summed E-state index contributed by atoms with van der Waals surface area (Å²) in [5, 5.41) is 0. The molecule has 1 rings (SSSR count). The van der Waals surface area contributed by atoms with Crippen LogP contribution in [0, 0.1) is 17.3 Å². The Morgan fingerprint density at radius 3 is 2.15 bits per heavy atom. The van der Waals surface area contributed by atoms with Crippen molar-refractivity contribution in [3.8, 4) is 0 Å². The van der Waals surface area contributed by atoms with Gasteiger partial charge in [0.1, 0.15) is 20.3 Å². The third-order valence-corrected chi connectivity index (χ3v) is 3.21. The van der Waals surface area contributed by atoms with Gasteiger partial charge in [0.15, 0.2) is 0 Å². The summed E-state index contributed by atoms with van der Waals surface area (Å²) in [6.45, 7) is 7.11. The van der Waals surface area contributed by atoms with Gasteiger partial charge in [-0.05, 0) is 30.6 Å². The first kappa shape index (κ1) is 10.7. The van der Waals surface area contributed by atoms with Gasteiger partial charge in [0.05, 0.1) is 0 Å². The van der Waals surface area contributed by atoms with E-state index in [1.54, 1.807) is 0 Å².